The van der Waals surface area contributed by atoms with Crippen molar-refractivity contribution < 1.29 is 17.9 Å². The van der Waals surface area contributed by atoms with Gasteiger partial charge >= 0.3 is 6.36 Å². The summed E-state index contributed by atoms with van der Waals surface area (Å²) in [6, 6.07) is 11.0. The normalized spacial score (nSPS) is 10.9. The Morgan fingerprint density at radius 2 is 1.75 bits per heavy atom. The van der Waals surface area contributed by atoms with Crippen molar-refractivity contribution in [2.45, 2.75) is 6.36 Å². The monoisotopic (exact) mass is 296 g/mol. The summed E-state index contributed by atoms with van der Waals surface area (Å²) in [5.41, 5.74) is 1.24. The number of benzene rings is 2. The summed E-state index contributed by atoms with van der Waals surface area (Å²) in [5, 5.41) is 0.488. The first kappa shape index (κ1) is 14.3. The Morgan fingerprint density at radius 3 is 2.35 bits per heavy atom. The van der Waals surface area contributed by atoms with Crippen LogP contribution in [0.4, 0.5) is 13.2 Å². The van der Waals surface area contributed by atoms with Crippen LogP contribution in [0.25, 0.3) is 11.1 Å². The molecule has 0 radical (unpaired) electrons. The molecule has 0 aromatic heterocycles. The molecule has 0 unspecified atom stereocenters. The number of hydrogen-bond donors (Lipinski definition) is 0. The van der Waals surface area contributed by atoms with Gasteiger partial charge in [-0.25, -0.2) is 0 Å². The molecule has 0 bridgehead atoms. The van der Waals surface area contributed by atoms with Gasteiger partial charge in [0.25, 0.3) is 0 Å². The molecule has 0 spiro atoms. The van der Waals surface area contributed by atoms with Crippen LogP contribution in [-0.2, 0) is 0 Å². The van der Waals surface area contributed by atoms with Crippen LogP contribution >= 0.6 is 11.6 Å². The molecule has 0 aliphatic heterocycles. The van der Waals surface area contributed by atoms with Gasteiger partial charge in [0.1, 0.15) is 5.75 Å². The Balaban J connectivity index is 2.47. The summed E-state index contributed by atoms with van der Waals surface area (Å²) in [4.78, 5) is 0. The van der Waals surface area contributed by atoms with E-state index in [1.54, 1.807) is 30.3 Å². The van der Waals surface area contributed by atoms with E-state index >= 15 is 0 Å². The molecule has 0 fully saturated rings. The average Bonchev–Trinajstić information content (AvgIpc) is 2.37. The fraction of sp³-hybridized carbons (Fsp3) is 0.0667. The lowest BCUT2D eigenvalue weighted by Crippen LogP contribution is -2.17. The lowest BCUT2D eigenvalue weighted by molar-refractivity contribution is -0.274. The van der Waals surface area contributed by atoms with E-state index < -0.39 is 12.1 Å². The molecule has 2 aromatic rings. The maximum absolute atomic E-state index is 12.3. The molecule has 0 saturated carbocycles. The highest BCUT2D eigenvalue weighted by Gasteiger charge is 2.32. The van der Waals surface area contributed by atoms with E-state index in [0.717, 1.165) is 0 Å². The standard InChI is InChI=1S/C15H8ClF3O/c1-2-10-6-7-12(9-14(10)20-15(17,18)19)11-4-3-5-13(16)8-11/h1,3-9H. The highest BCUT2D eigenvalue weighted by molar-refractivity contribution is 6.30. The van der Waals surface area contributed by atoms with Gasteiger partial charge in [0.15, 0.2) is 0 Å². The highest BCUT2D eigenvalue weighted by Crippen LogP contribution is 2.31. The first-order valence-corrected chi connectivity index (χ1v) is 5.89. The molecular weight excluding hydrogens is 289 g/mol. The average molecular weight is 297 g/mol. The van der Waals surface area contributed by atoms with E-state index in [1.165, 1.54) is 12.1 Å². The third-order valence-electron chi connectivity index (χ3n) is 2.52. The topological polar surface area (TPSA) is 9.23 Å². The van der Waals surface area contributed by atoms with Gasteiger partial charge in [-0.2, -0.15) is 0 Å². The zero-order chi connectivity index (χ0) is 14.8. The van der Waals surface area contributed by atoms with Crippen molar-refractivity contribution in [2.24, 2.45) is 0 Å². The van der Waals surface area contributed by atoms with Crippen molar-refractivity contribution in [3.63, 3.8) is 0 Å². The van der Waals surface area contributed by atoms with Gasteiger partial charge in [-0.05, 0) is 35.4 Å². The Bertz CT molecular complexity index is 672. The van der Waals surface area contributed by atoms with Crippen molar-refractivity contribution in [1.82, 2.24) is 0 Å². The summed E-state index contributed by atoms with van der Waals surface area (Å²) >= 11 is 5.86. The molecule has 2 aromatic carbocycles. The van der Waals surface area contributed by atoms with Crippen LogP contribution in [0, 0.1) is 12.3 Å². The first-order chi connectivity index (χ1) is 9.39. The van der Waals surface area contributed by atoms with Crippen molar-refractivity contribution in [3.8, 4) is 29.2 Å². The highest BCUT2D eigenvalue weighted by atomic mass is 35.5. The van der Waals surface area contributed by atoms with Crippen molar-refractivity contribution in [2.75, 3.05) is 0 Å². The van der Waals surface area contributed by atoms with Gasteiger partial charge in [-0.15, -0.1) is 19.6 Å². The van der Waals surface area contributed by atoms with Gasteiger partial charge in [0.2, 0.25) is 0 Å². The molecule has 1 nitrogen and oxygen atoms in total. The predicted molar refractivity (Wildman–Crippen MR) is 71.5 cm³/mol. The molecule has 5 heteroatoms. The van der Waals surface area contributed by atoms with Crippen LogP contribution < -0.4 is 4.74 Å². The van der Waals surface area contributed by atoms with E-state index in [4.69, 9.17) is 18.0 Å². The lowest BCUT2D eigenvalue weighted by atomic mass is 10.0. The van der Waals surface area contributed by atoms with Crippen molar-refractivity contribution in [1.29, 1.82) is 0 Å². The van der Waals surface area contributed by atoms with Crippen LogP contribution in [0.5, 0.6) is 5.75 Å². The van der Waals surface area contributed by atoms with Crippen LogP contribution in [0.3, 0.4) is 0 Å². The second kappa shape index (κ2) is 5.48. The first-order valence-electron chi connectivity index (χ1n) is 5.51. The molecule has 20 heavy (non-hydrogen) atoms. The second-order valence-corrected chi connectivity index (χ2v) is 4.35. The minimum Gasteiger partial charge on any atom is -0.404 e. The largest absolute Gasteiger partial charge is 0.573 e. The summed E-state index contributed by atoms with van der Waals surface area (Å²) in [6.45, 7) is 0. The number of rotatable bonds is 2. The molecule has 102 valence electrons. The molecular formula is C15H8ClF3O. The van der Waals surface area contributed by atoms with Crippen LogP contribution in [0.1, 0.15) is 5.56 Å². The zero-order valence-corrected chi connectivity index (χ0v) is 10.8. The molecule has 0 saturated heterocycles. The number of alkyl halides is 3. The Kier molecular flexibility index (Phi) is 3.91. The predicted octanol–water partition coefficient (Wildman–Crippen LogP) is 4.89. The number of terminal acetylenes is 1. The summed E-state index contributed by atoms with van der Waals surface area (Å²) in [5.74, 6) is 1.75. The van der Waals surface area contributed by atoms with Crippen LogP contribution in [0.15, 0.2) is 42.5 Å². The Morgan fingerprint density at radius 1 is 1.05 bits per heavy atom. The van der Waals surface area contributed by atoms with Gasteiger partial charge in [-0.3, -0.25) is 0 Å². The minimum atomic E-state index is -4.79. The van der Waals surface area contributed by atoms with Crippen molar-refractivity contribution in [3.05, 3.63) is 53.1 Å². The van der Waals surface area contributed by atoms with Crippen molar-refractivity contribution >= 4 is 11.6 Å². The summed E-state index contributed by atoms with van der Waals surface area (Å²) < 4.78 is 41.0. The van der Waals surface area contributed by atoms with E-state index in [0.29, 0.717) is 16.1 Å². The SMILES string of the molecule is C#Cc1ccc(-c2cccc(Cl)c2)cc1OC(F)(F)F. The van der Waals surface area contributed by atoms with E-state index in [9.17, 15) is 13.2 Å². The van der Waals surface area contributed by atoms with Gasteiger partial charge in [0, 0.05) is 5.02 Å². The maximum atomic E-state index is 12.3. The Labute approximate surface area is 118 Å². The van der Waals surface area contributed by atoms with E-state index in [1.807, 2.05) is 0 Å². The van der Waals surface area contributed by atoms with Gasteiger partial charge in [0.05, 0.1) is 5.56 Å². The molecule has 0 amide bonds. The molecule has 2 rings (SSSR count). The molecule has 0 heterocycles. The van der Waals surface area contributed by atoms with E-state index in [-0.39, 0.29) is 5.56 Å². The van der Waals surface area contributed by atoms with Gasteiger partial charge in [-0.1, -0.05) is 35.7 Å². The smallest absolute Gasteiger partial charge is 0.404 e. The maximum Gasteiger partial charge on any atom is 0.573 e. The third-order valence-corrected chi connectivity index (χ3v) is 2.76. The van der Waals surface area contributed by atoms with Crippen LogP contribution in [0.2, 0.25) is 5.02 Å². The summed E-state index contributed by atoms with van der Waals surface area (Å²) in [7, 11) is 0. The molecule has 0 atom stereocenters. The number of halogens is 4. The second-order valence-electron chi connectivity index (χ2n) is 3.91. The van der Waals surface area contributed by atoms with Crippen LogP contribution in [-0.4, -0.2) is 6.36 Å². The fourth-order valence-electron chi connectivity index (χ4n) is 1.70. The molecule has 0 aliphatic carbocycles. The quantitative estimate of drug-likeness (QED) is 0.717. The van der Waals surface area contributed by atoms with E-state index in [2.05, 4.69) is 10.7 Å². The zero-order valence-electron chi connectivity index (χ0n) is 10.0. The molecule has 0 N–H and O–H groups in total. The fourth-order valence-corrected chi connectivity index (χ4v) is 1.89. The number of ether oxygens (including phenoxy) is 1. The minimum absolute atomic E-state index is 0.0353. The third kappa shape index (κ3) is 3.46. The number of hydrogen-bond acceptors (Lipinski definition) is 1. The summed E-state index contributed by atoms with van der Waals surface area (Å²) in [6.07, 6.45) is 0.371. The lowest BCUT2D eigenvalue weighted by Gasteiger charge is -2.12. The molecule has 0 aliphatic rings. The van der Waals surface area contributed by atoms with Gasteiger partial charge < -0.3 is 4.74 Å². The Hall–Kier alpha value is -2.12.